The summed E-state index contributed by atoms with van der Waals surface area (Å²) in [6.45, 7) is 2.78. The number of nitrogens with one attached hydrogen (secondary N) is 1. The first-order valence-corrected chi connectivity index (χ1v) is 9.57. The molecule has 5 heteroatoms. The largest absolute Gasteiger partial charge is 0.299 e. The summed E-state index contributed by atoms with van der Waals surface area (Å²) in [5.74, 6) is 0. The minimum atomic E-state index is -3.10. The summed E-state index contributed by atoms with van der Waals surface area (Å²) in [4.78, 5) is 2.40. The monoisotopic (exact) mass is 318 g/mol. The molecular weight excluding hydrogens is 296 g/mol. The third-order valence-corrected chi connectivity index (χ3v) is 5.00. The van der Waals surface area contributed by atoms with Crippen LogP contribution in [0.5, 0.6) is 0 Å². The van der Waals surface area contributed by atoms with Gasteiger partial charge in [-0.2, -0.15) is 0 Å². The predicted molar refractivity (Wildman–Crippen MR) is 90.2 cm³/mol. The lowest BCUT2D eigenvalue weighted by atomic mass is 10.0. The van der Waals surface area contributed by atoms with Crippen LogP contribution in [-0.2, 0) is 16.6 Å². The van der Waals surface area contributed by atoms with Crippen LogP contribution < -0.4 is 4.72 Å². The fourth-order valence-electron chi connectivity index (χ4n) is 3.18. The number of piperidine rings is 1. The Kier molecular flexibility index (Phi) is 4.47. The third-order valence-electron chi connectivity index (χ3n) is 4.24. The molecule has 0 saturated carbocycles. The van der Waals surface area contributed by atoms with Crippen molar-refractivity contribution < 1.29 is 8.42 Å². The van der Waals surface area contributed by atoms with E-state index >= 15 is 0 Å². The summed E-state index contributed by atoms with van der Waals surface area (Å²) in [7, 11) is -3.10. The highest BCUT2D eigenvalue weighted by Gasteiger charge is 2.21. The molecule has 0 spiro atoms. The number of fused-ring (bicyclic) bond motifs is 1. The van der Waals surface area contributed by atoms with Crippen molar-refractivity contribution in [2.75, 3.05) is 19.3 Å². The molecule has 0 aromatic heterocycles. The Balaban J connectivity index is 1.65. The average molecular weight is 318 g/mol. The van der Waals surface area contributed by atoms with E-state index in [1.807, 2.05) is 0 Å². The summed E-state index contributed by atoms with van der Waals surface area (Å²) in [5, 5.41) is 2.58. The number of likely N-dealkylation sites (tertiary alicyclic amines) is 1. The maximum Gasteiger partial charge on any atom is 0.208 e. The number of sulfonamides is 1. The molecule has 1 N–H and O–H groups in total. The second-order valence-corrected chi connectivity index (χ2v) is 7.86. The van der Waals surface area contributed by atoms with Gasteiger partial charge >= 0.3 is 0 Å². The number of hydrogen-bond acceptors (Lipinski definition) is 3. The van der Waals surface area contributed by atoms with Crippen LogP contribution in [0.1, 0.15) is 18.4 Å². The van der Waals surface area contributed by atoms with Crippen LogP contribution in [0, 0.1) is 0 Å². The quantitative estimate of drug-likeness (QED) is 0.941. The smallest absolute Gasteiger partial charge is 0.208 e. The van der Waals surface area contributed by atoms with Crippen molar-refractivity contribution in [1.82, 2.24) is 9.62 Å². The van der Waals surface area contributed by atoms with Crippen molar-refractivity contribution in [2.45, 2.75) is 25.4 Å². The molecule has 0 unspecified atom stereocenters. The SMILES string of the molecule is CS(=O)(=O)NC1CCN(Cc2cccc3ccccc23)CC1. The molecule has 3 rings (SSSR count). The highest BCUT2D eigenvalue weighted by Crippen LogP contribution is 2.21. The molecule has 1 heterocycles. The molecule has 2 aromatic carbocycles. The van der Waals surface area contributed by atoms with E-state index in [1.54, 1.807) is 0 Å². The van der Waals surface area contributed by atoms with Gasteiger partial charge in [-0.25, -0.2) is 13.1 Å². The van der Waals surface area contributed by atoms with Crippen LogP contribution in [0.4, 0.5) is 0 Å². The standard InChI is InChI=1S/C17H22N2O2S/c1-22(20,21)18-16-9-11-19(12-10-16)13-15-7-4-6-14-5-2-3-8-17(14)15/h2-8,16,18H,9-13H2,1H3. The first-order chi connectivity index (χ1) is 10.5. The van der Waals surface area contributed by atoms with Gasteiger partial charge in [0.15, 0.2) is 0 Å². The Morgan fingerprint density at radius 2 is 1.77 bits per heavy atom. The minimum Gasteiger partial charge on any atom is -0.299 e. The van der Waals surface area contributed by atoms with Gasteiger partial charge in [0.05, 0.1) is 6.26 Å². The van der Waals surface area contributed by atoms with Gasteiger partial charge in [0.25, 0.3) is 0 Å². The molecule has 0 aliphatic carbocycles. The molecule has 0 bridgehead atoms. The Morgan fingerprint density at radius 1 is 1.09 bits per heavy atom. The molecule has 4 nitrogen and oxygen atoms in total. The van der Waals surface area contributed by atoms with Gasteiger partial charge in [-0.15, -0.1) is 0 Å². The lowest BCUT2D eigenvalue weighted by Crippen LogP contribution is -2.43. The molecule has 22 heavy (non-hydrogen) atoms. The first-order valence-electron chi connectivity index (χ1n) is 7.67. The van der Waals surface area contributed by atoms with Gasteiger partial charge < -0.3 is 0 Å². The van der Waals surface area contributed by atoms with E-state index in [2.05, 4.69) is 52.1 Å². The third kappa shape index (κ3) is 3.85. The van der Waals surface area contributed by atoms with Crippen LogP contribution >= 0.6 is 0 Å². The molecule has 1 aliphatic rings. The highest BCUT2D eigenvalue weighted by molar-refractivity contribution is 7.88. The van der Waals surface area contributed by atoms with E-state index in [-0.39, 0.29) is 6.04 Å². The van der Waals surface area contributed by atoms with E-state index in [4.69, 9.17) is 0 Å². The molecule has 1 saturated heterocycles. The lowest BCUT2D eigenvalue weighted by molar-refractivity contribution is 0.200. The highest BCUT2D eigenvalue weighted by atomic mass is 32.2. The van der Waals surface area contributed by atoms with E-state index in [0.717, 1.165) is 32.5 Å². The van der Waals surface area contributed by atoms with Crippen LogP contribution in [0.15, 0.2) is 42.5 Å². The fraction of sp³-hybridized carbons (Fsp3) is 0.412. The zero-order chi connectivity index (χ0) is 15.6. The fourth-order valence-corrected chi connectivity index (χ4v) is 4.02. The number of hydrogen-bond donors (Lipinski definition) is 1. The summed E-state index contributed by atoms with van der Waals surface area (Å²) in [6.07, 6.45) is 2.98. The molecule has 1 aliphatic heterocycles. The second kappa shape index (κ2) is 6.36. The number of benzene rings is 2. The molecule has 0 atom stereocenters. The second-order valence-electron chi connectivity index (χ2n) is 6.08. The Labute approximate surface area is 132 Å². The molecule has 1 fully saturated rings. The van der Waals surface area contributed by atoms with E-state index in [9.17, 15) is 8.42 Å². The number of nitrogens with zero attached hydrogens (tertiary/aromatic N) is 1. The summed E-state index contributed by atoms with van der Waals surface area (Å²) in [6, 6.07) is 15.0. The van der Waals surface area contributed by atoms with Gasteiger partial charge in [0.1, 0.15) is 0 Å². The maximum atomic E-state index is 11.3. The van der Waals surface area contributed by atoms with Crippen molar-refractivity contribution in [3.8, 4) is 0 Å². The summed E-state index contributed by atoms with van der Waals surface area (Å²) >= 11 is 0. The van der Waals surface area contributed by atoms with Gasteiger partial charge in [-0.1, -0.05) is 42.5 Å². The Bertz CT molecular complexity index is 745. The summed E-state index contributed by atoms with van der Waals surface area (Å²) < 4.78 is 25.3. The van der Waals surface area contributed by atoms with Crippen LogP contribution in [0.3, 0.4) is 0 Å². The molecule has 118 valence electrons. The van der Waals surface area contributed by atoms with E-state index in [1.165, 1.54) is 22.6 Å². The first kappa shape index (κ1) is 15.5. The van der Waals surface area contributed by atoms with E-state index in [0.29, 0.717) is 0 Å². The minimum absolute atomic E-state index is 0.0822. The predicted octanol–water partition coefficient (Wildman–Crippen LogP) is 2.35. The average Bonchev–Trinajstić information content (AvgIpc) is 2.48. The molecule has 0 amide bonds. The van der Waals surface area contributed by atoms with Gasteiger partial charge in [0, 0.05) is 25.7 Å². The number of rotatable bonds is 4. The normalized spacial score (nSPS) is 17.9. The van der Waals surface area contributed by atoms with Crippen molar-refractivity contribution in [1.29, 1.82) is 0 Å². The zero-order valence-corrected chi connectivity index (χ0v) is 13.6. The van der Waals surface area contributed by atoms with Crippen molar-refractivity contribution >= 4 is 20.8 Å². The summed E-state index contributed by atoms with van der Waals surface area (Å²) in [5.41, 5.74) is 1.34. The van der Waals surface area contributed by atoms with Crippen LogP contribution in [0.25, 0.3) is 10.8 Å². The van der Waals surface area contributed by atoms with Gasteiger partial charge in [0.2, 0.25) is 10.0 Å². The molecule has 2 aromatic rings. The van der Waals surface area contributed by atoms with Crippen molar-refractivity contribution in [3.63, 3.8) is 0 Å². The van der Waals surface area contributed by atoms with Crippen LogP contribution in [0.2, 0.25) is 0 Å². The van der Waals surface area contributed by atoms with E-state index < -0.39 is 10.0 Å². The maximum absolute atomic E-state index is 11.3. The van der Waals surface area contributed by atoms with Gasteiger partial charge in [-0.05, 0) is 29.2 Å². The zero-order valence-electron chi connectivity index (χ0n) is 12.8. The Hall–Kier alpha value is -1.43. The van der Waals surface area contributed by atoms with Gasteiger partial charge in [-0.3, -0.25) is 4.90 Å². The van der Waals surface area contributed by atoms with Crippen molar-refractivity contribution in [2.24, 2.45) is 0 Å². The van der Waals surface area contributed by atoms with Crippen LogP contribution in [-0.4, -0.2) is 38.7 Å². The molecular formula is C17H22N2O2S. The topological polar surface area (TPSA) is 49.4 Å². The molecule has 0 radical (unpaired) electrons. The Morgan fingerprint density at radius 3 is 2.50 bits per heavy atom. The van der Waals surface area contributed by atoms with Crippen molar-refractivity contribution in [3.05, 3.63) is 48.0 Å². The lowest BCUT2D eigenvalue weighted by Gasteiger charge is -2.32.